The molecule has 1 aromatic heterocycles. The molecule has 0 aliphatic rings. The Labute approximate surface area is 151 Å². The highest BCUT2D eigenvalue weighted by molar-refractivity contribution is 5.84. The molecule has 3 aromatic rings. The molecule has 6 nitrogen and oxygen atoms in total. The third kappa shape index (κ3) is 3.97. The Morgan fingerprint density at radius 1 is 1.00 bits per heavy atom. The number of pyridine rings is 1. The van der Waals surface area contributed by atoms with Crippen molar-refractivity contribution in [3.05, 3.63) is 70.5 Å². The number of non-ortho nitro benzene ring substituents is 1. The third-order valence-corrected chi connectivity index (χ3v) is 3.85. The van der Waals surface area contributed by atoms with Crippen molar-refractivity contribution in [3.63, 3.8) is 0 Å². The quantitative estimate of drug-likeness (QED) is 0.368. The SMILES string of the molecule is COc1cc2cc[n+](Cc3ccc([N+](=O)[O-])cc3)cc2cc1OC.[Cl-]. The van der Waals surface area contributed by atoms with Gasteiger partial charge in [-0.05, 0) is 29.7 Å². The second kappa shape index (κ2) is 7.81. The lowest BCUT2D eigenvalue weighted by atomic mass is 10.1. The summed E-state index contributed by atoms with van der Waals surface area (Å²) in [6, 6.07) is 12.4. The van der Waals surface area contributed by atoms with Crippen LogP contribution in [0.25, 0.3) is 10.8 Å². The number of hydrogen-bond donors (Lipinski definition) is 0. The third-order valence-electron chi connectivity index (χ3n) is 3.85. The van der Waals surface area contributed by atoms with E-state index in [0.29, 0.717) is 18.0 Å². The number of ether oxygens (including phenoxy) is 2. The number of methoxy groups -OCH3 is 2. The van der Waals surface area contributed by atoms with E-state index in [1.165, 1.54) is 12.1 Å². The molecule has 2 aromatic carbocycles. The van der Waals surface area contributed by atoms with Crippen molar-refractivity contribution in [3.8, 4) is 11.5 Å². The van der Waals surface area contributed by atoms with Crippen molar-refractivity contribution in [1.82, 2.24) is 0 Å². The molecular formula is C18H17ClN2O4. The minimum Gasteiger partial charge on any atom is -1.00 e. The average Bonchev–Trinajstić information content (AvgIpc) is 2.60. The number of nitrogens with zero attached hydrogens (tertiary/aromatic N) is 2. The van der Waals surface area contributed by atoms with E-state index in [-0.39, 0.29) is 18.1 Å². The van der Waals surface area contributed by atoms with Crippen molar-refractivity contribution in [2.45, 2.75) is 6.54 Å². The molecule has 0 unspecified atom stereocenters. The Bertz CT molecular complexity index is 897. The molecule has 0 saturated heterocycles. The van der Waals surface area contributed by atoms with E-state index in [0.717, 1.165) is 16.3 Å². The molecule has 1 heterocycles. The number of halogens is 1. The van der Waals surface area contributed by atoms with Crippen LogP contribution in [0.4, 0.5) is 5.69 Å². The van der Waals surface area contributed by atoms with Crippen LogP contribution in [0.15, 0.2) is 54.9 Å². The van der Waals surface area contributed by atoms with Crippen LogP contribution in [0.2, 0.25) is 0 Å². The number of nitro benzene ring substituents is 1. The van der Waals surface area contributed by atoms with Crippen LogP contribution in [0.1, 0.15) is 5.56 Å². The molecule has 0 N–H and O–H groups in total. The summed E-state index contributed by atoms with van der Waals surface area (Å²) >= 11 is 0. The van der Waals surface area contributed by atoms with E-state index in [4.69, 9.17) is 9.47 Å². The standard InChI is InChI=1S/C18H17N2O4.ClH/c1-23-17-9-14-7-8-19(12-15(14)10-18(17)24-2)11-13-3-5-16(6-4-13)20(21)22;/h3-10,12H,11H2,1-2H3;1H/q+1;/p-1. The van der Waals surface area contributed by atoms with Crippen molar-refractivity contribution >= 4 is 16.5 Å². The summed E-state index contributed by atoms with van der Waals surface area (Å²) in [6.07, 6.45) is 3.98. The van der Waals surface area contributed by atoms with E-state index in [1.807, 2.05) is 35.2 Å². The number of rotatable bonds is 5. The van der Waals surface area contributed by atoms with Gasteiger partial charge in [0.1, 0.15) is 0 Å². The maximum absolute atomic E-state index is 10.7. The van der Waals surface area contributed by atoms with Crippen LogP contribution in [0, 0.1) is 10.1 Å². The number of nitro groups is 1. The van der Waals surface area contributed by atoms with Gasteiger partial charge >= 0.3 is 0 Å². The molecular weight excluding hydrogens is 344 g/mol. The van der Waals surface area contributed by atoms with Gasteiger partial charge in [0.05, 0.1) is 19.1 Å². The largest absolute Gasteiger partial charge is 1.00 e. The second-order valence-corrected chi connectivity index (χ2v) is 5.38. The van der Waals surface area contributed by atoms with E-state index < -0.39 is 4.92 Å². The van der Waals surface area contributed by atoms with Gasteiger partial charge in [0.2, 0.25) is 0 Å². The van der Waals surface area contributed by atoms with Crippen LogP contribution in [0.5, 0.6) is 11.5 Å². The monoisotopic (exact) mass is 360 g/mol. The van der Waals surface area contributed by atoms with Crippen molar-refractivity contribution in [2.75, 3.05) is 14.2 Å². The summed E-state index contributed by atoms with van der Waals surface area (Å²) in [7, 11) is 3.22. The summed E-state index contributed by atoms with van der Waals surface area (Å²) in [5.41, 5.74) is 1.09. The normalized spacial score (nSPS) is 10.2. The lowest BCUT2D eigenvalue weighted by Crippen LogP contribution is -3.00. The van der Waals surface area contributed by atoms with Gasteiger partial charge in [0.15, 0.2) is 30.4 Å². The second-order valence-electron chi connectivity index (χ2n) is 5.38. The lowest BCUT2D eigenvalue weighted by Gasteiger charge is -2.08. The summed E-state index contributed by atoms with van der Waals surface area (Å²) in [6.45, 7) is 0.627. The maximum atomic E-state index is 10.7. The van der Waals surface area contributed by atoms with Crippen LogP contribution in [-0.4, -0.2) is 19.1 Å². The fourth-order valence-corrected chi connectivity index (χ4v) is 2.60. The summed E-state index contributed by atoms with van der Waals surface area (Å²) in [5, 5.41) is 12.8. The van der Waals surface area contributed by atoms with Gasteiger partial charge in [-0.2, -0.15) is 0 Å². The van der Waals surface area contributed by atoms with Gasteiger partial charge in [0, 0.05) is 29.1 Å². The maximum Gasteiger partial charge on any atom is 0.269 e. The number of aromatic nitrogens is 1. The molecule has 0 saturated carbocycles. The average molecular weight is 361 g/mol. The summed E-state index contributed by atoms with van der Waals surface area (Å²) in [4.78, 5) is 10.3. The molecule has 0 atom stereocenters. The number of hydrogen-bond acceptors (Lipinski definition) is 4. The first kappa shape index (κ1) is 18.5. The van der Waals surface area contributed by atoms with Gasteiger partial charge in [-0.15, -0.1) is 0 Å². The van der Waals surface area contributed by atoms with Crippen LogP contribution >= 0.6 is 0 Å². The van der Waals surface area contributed by atoms with Gasteiger partial charge < -0.3 is 21.9 Å². The predicted molar refractivity (Wildman–Crippen MR) is 89.4 cm³/mol. The highest BCUT2D eigenvalue weighted by Crippen LogP contribution is 2.31. The molecule has 0 bridgehead atoms. The minimum atomic E-state index is -0.396. The Hall–Kier alpha value is -2.86. The highest BCUT2D eigenvalue weighted by atomic mass is 35.5. The number of fused-ring (bicyclic) bond motifs is 1. The van der Waals surface area contributed by atoms with Crippen LogP contribution in [0.3, 0.4) is 0 Å². The predicted octanol–water partition coefficient (Wildman–Crippen LogP) is 0.105. The molecule has 0 aliphatic carbocycles. The number of benzene rings is 2. The Morgan fingerprint density at radius 3 is 2.16 bits per heavy atom. The smallest absolute Gasteiger partial charge is 0.269 e. The van der Waals surface area contributed by atoms with Crippen molar-refractivity contribution in [2.24, 2.45) is 0 Å². The van der Waals surface area contributed by atoms with Gasteiger partial charge in [0.25, 0.3) is 5.69 Å². The first-order valence-electron chi connectivity index (χ1n) is 7.39. The van der Waals surface area contributed by atoms with E-state index in [1.54, 1.807) is 26.4 Å². The molecule has 7 heteroatoms. The lowest BCUT2D eigenvalue weighted by molar-refractivity contribution is -0.687. The summed E-state index contributed by atoms with van der Waals surface area (Å²) in [5.74, 6) is 1.37. The van der Waals surface area contributed by atoms with E-state index >= 15 is 0 Å². The van der Waals surface area contributed by atoms with Crippen molar-refractivity contribution < 1.29 is 31.4 Å². The Morgan fingerprint density at radius 2 is 1.60 bits per heavy atom. The zero-order valence-corrected chi connectivity index (χ0v) is 14.6. The van der Waals surface area contributed by atoms with Crippen molar-refractivity contribution in [1.29, 1.82) is 0 Å². The molecule has 3 rings (SSSR count). The van der Waals surface area contributed by atoms with E-state index in [2.05, 4.69) is 0 Å². The van der Waals surface area contributed by atoms with Gasteiger partial charge in [-0.25, -0.2) is 4.57 Å². The Kier molecular flexibility index (Phi) is 5.77. The first-order chi connectivity index (χ1) is 11.6. The zero-order valence-electron chi connectivity index (χ0n) is 13.8. The topological polar surface area (TPSA) is 65.5 Å². The zero-order chi connectivity index (χ0) is 17.1. The molecule has 0 radical (unpaired) electrons. The molecule has 0 amide bonds. The molecule has 130 valence electrons. The Balaban J connectivity index is 0.00000225. The van der Waals surface area contributed by atoms with Gasteiger partial charge in [-0.3, -0.25) is 10.1 Å². The molecule has 0 fully saturated rings. The molecule has 0 spiro atoms. The first-order valence-corrected chi connectivity index (χ1v) is 7.39. The van der Waals surface area contributed by atoms with Crippen LogP contribution < -0.4 is 26.4 Å². The van der Waals surface area contributed by atoms with E-state index in [9.17, 15) is 10.1 Å². The fourth-order valence-electron chi connectivity index (χ4n) is 2.60. The van der Waals surface area contributed by atoms with Crippen LogP contribution in [-0.2, 0) is 6.54 Å². The fraction of sp³-hybridized carbons (Fsp3) is 0.167. The molecule has 0 aliphatic heterocycles. The van der Waals surface area contributed by atoms with Gasteiger partial charge in [-0.1, -0.05) is 0 Å². The highest BCUT2D eigenvalue weighted by Gasteiger charge is 2.11. The molecule has 25 heavy (non-hydrogen) atoms. The minimum absolute atomic E-state index is 0. The summed E-state index contributed by atoms with van der Waals surface area (Å²) < 4.78 is 12.7.